The summed E-state index contributed by atoms with van der Waals surface area (Å²) in [5.41, 5.74) is 2.11. The van der Waals surface area contributed by atoms with Crippen LogP contribution in [0.15, 0.2) is 78.9 Å². The maximum absolute atomic E-state index is 13.9. The maximum Gasteiger partial charge on any atom is 0.244 e. The second-order valence-electron chi connectivity index (χ2n) is 10.5. The molecule has 0 bridgehead atoms. The number of carbonyl (C=O) groups excluding carboxylic acids is 2. The Kier molecular flexibility index (Phi) is 11.8. The van der Waals surface area contributed by atoms with Crippen molar-refractivity contribution in [3.05, 3.63) is 90.0 Å². The zero-order valence-corrected chi connectivity index (χ0v) is 25.8. The van der Waals surface area contributed by atoms with Gasteiger partial charge < -0.3 is 19.7 Å². The molecule has 3 rings (SSSR count). The van der Waals surface area contributed by atoms with Crippen LogP contribution in [-0.2, 0) is 32.8 Å². The topological polar surface area (TPSA) is 105 Å². The molecular formula is C32H41N3O6S. The molecule has 0 aliphatic carbocycles. The van der Waals surface area contributed by atoms with Crippen molar-refractivity contribution in [1.29, 1.82) is 0 Å². The van der Waals surface area contributed by atoms with Gasteiger partial charge in [0, 0.05) is 13.1 Å². The van der Waals surface area contributed by atoms with Gasteiger partial charge in [-0.1, -0.05) is 63.2 Å². The Balaban J connectivity index is 1.85. The van der Waals surface area contributed by atoms with Crippen LogP contribution in [0.3, 0.4) is 0 Å². The van der Waals surface area contributed by atoms with Gasteiger partial charge in [0.15, 0.2) is 0 Å². The van der Waals surface area contributed by atoms with E-state index in [-0.39, 0.29) is 18.4 Å². The first-order valence-corrected chi connectivity index (χ1v) is 15.8. The number of hydrogen-bond donors (Lipinski definition) is 1. The highest BCUT2D eigenvalue weighted by molar-refractivity contribution is 7.92. The Labute approximate surface area is 249 Å². The molecule has 0 heterocycles. The fourth-order valence-corrected chi connectivity index (χ4v) is 5.18. The Bertz CT molecular complexity index is 1390. The highest BCUT2D eigenvalue weighted by atomic mass is 32.2. The zero-order chi connectivity index (χ0) is 30.7. The smallest absolute Gasteiger partial charge is 0.244 e. The van der Waals surface area contributed by atoms with E-state index in [1.54, 1.807) is 43.5 Å². The van der Waals surface area contributed by atoms with Gasteiger partial charge in [-0.25, -0.2) is 8.42 Å². The second-order valence-corrected chi connectivity index (χ2v) is 12.4. The predicted octanol–water partition coefficient (Wildman–Crippen LogP) is 4.62. The molecule has 0 saturated carbocycles. The van der Waals surface area contributed by atoms with E-state index in [1.165, 1.54) is 4.90 Å². The number of carbonyl (C=O) groups is 2. The number of nitrogens with zero attached hydrogens (tertiary/aromatic N) is 2. The normalized spacial score (nSPS) is 12.0. The first-order chi connectivity index (χ1) is 20.0. The highest BCUT2D eigenvalue weighted by Crippen LogP contribution is 2.24. The largest absolute Gasteiger partial charge is 0.497 e. The van der Waals surface area contributed by atoms with E-state index in [0.717, 1.165) is 21.7 Å². The number of anilines is 1. The lowest BCUT2D eigenvalue weighted by Gasteiger charge is -2.33. The molecule has 0 saturated heterocycles. The molecule has 0 radical (unpaired) electrons. The van der Waals surface area contributed by atoms with Crippen LogP contribution in [-0.4, -0.2) is 57.6 Å². The van der Waals surface area contributed by atoms with Crippen LogP contribution in [0.4, 0.5) is 5.69 Å². The van der Waals surface area contributed by atoms with Crippen LogP contribution in [0.2, 0.25) is 0 Å². The molecule has 3 aromatic carbocycles. The van der Waals surface area contributed by atoms with E-state index in [2.05, 4.69) is 5.32 Å². The summed E-state index contributed by atoms with van der Waals surface area (Å²) in [7, 11) is -2.27. The molecule has 2 amide bonds. The number of amides is 2. The standard InChI is InChI=1S/C32H41N3O6S/c1-6-30(32(37)33-20-24(2)3)34(21-25-12-16-28(40-4)17-13-25)31(36)22-35(42(5,38)39)27-14-18-29(19-15-27)41-23-26-10-8-7-9-11-26/h7-19,24,30H,6,20-23H2,1-5H3,(H,33,37)/t30-/m0/s1. The van der Waals surface area contributed by atoms with Crippen molar-refractivity contribution < 1.29 is 27.5 Å². The zero-order valence-electron chi connectivity index (χ0n) is 24.9. The van der Waals surface area contributed by atoms with Crippen LogP contribution < -0.4 is 19.1 Å². The summed E-state index contributed by atoms with van der Waals surface area (Å²) in [5.74, 6) is 0.692. The summed E-state index contributed by atoms with van der Waals surface area (Å²) < 4.78 is 37.9. The number of sulfonamides is 1. The van der Waals surface area contributed by atoms with Gasteiger partial charge in [0.1, 0.15) is 30.7 Å². The quantitative estimate of drug-likeness (QED) is 0.275. The third-order valence-electron chi connectivity index (χ3n) is 6.63. The van der Waals surface area contributed by atoms with Crippen LogP contribution in [0.25, 0.3) is 0 Å². The lowest BCUT2D eigenvalue weighted by Crippen LogP contribution is -2.52. The fourth-order valence-electron chi connectivity index (χ4n) is 4.33. The fraction of sp³-hybridized carbons (Fsp3) is 0.375. The van der Waals surface area contributed by atoms with Crippen LogP contribution >= 0.6 is 0 Å². The third-order valence-corrected chi connectivity index (χ3v) is 7.78. The summed E-state index contributed by atoms with van der Waals surface area (Å²) >= 11 is 0. The molecule has 0 aliphatic rings. The molecule has 0 spiro atoms. The van der Waals surface area contributed by atoms with Gasteiger partial charge in [0.25, 0.3) is 0 Å². The number of benzene rings is 3. The SMILES string of the molecule is CC[C@@H](C(=O)NCC(C)C)N(Cc1ccc(OC)cc1)C(=O)CN(c1ccc(OCc2ccccc2)cc1)S(C)(=O)=O. The third kappa shape index (κ3) is 9.51. The van der Waals surface area contributed by atoms with Crippen LogP contribution in [0.5, 0.6) is 11.5 Å². The Hall–Kier alpha value is -4.05. The van der Waals surface area contributed by atoms with Crippen molar-refractivity contribution in [3.63, 3.8) is 0 Å². The number of ether oxygens (including phenoxy) is 2. The van der Waals surface area contributed by atoms with Crippen molar-refractivity contribution in [2.45, 2.75) is 46.4 Å². The molecule has 0 aromatic heterocycles. The minimum atomic E-state index is -3.84. The van der Waals surface area contributed by atoms with Crippen LogP contribution in [0.1, 0.15) is 38.3 Å². The van der Waals surface area contributed by atoms with Gasteiger partial charge in [-0.15, -0.1) is 0 Å². The Morgan fingerprint density at radius 1 is 0.881 bits per heavy atom. The molecule has 1 atom stereocenters. The van der Waals surface area contributed by atoms with Gasteiger partial charge in [-0.2, -0.15) is 0 Å². The van der Waals surface area contributed by atoms with Gasteiger partial charge in [-0.3, -0.25) is 13.9 Å². The van der Waals surface area contributed by atoms with Crippen molar-refractivity contribution in [3.8, 4) is 11.5 Å². The van der Waals surface area contributed by atoms with Gasteiger partial charge in [0.2, 0.25) is 21.8 Å². The molecule has 3 aromatic rings. The lowest BCUT2D eigenvalue weighted by molar-refractivity contribution is -0.140. The van der Waals surface area contributed by atoms with Gasteiger partial charge >= 0.3 is 0 Å². The van der Waals surface area contributed by atoms with E-state index in [9.17, 15) is 18.0 Å². The number of methoxy groups -OCH3 is 1. The summed E-state index contributed by atoms with van der Waals surface area (Å²) in [6, 6.07) is 22.7. The maximum atomic E-state index is 13.9. The molecule has 1 N–H and O–H groups in total. The number of rotatable bonds is 15. The van der Waals surface area contributed by atoms with E-state index < -0.39 is 28.5 Å². The second kappa shape index (κ2) is 15.3. The molecule has 10 heteroatoms. The first kappa shape index (κ1) is 32.5. The summed E-state index contributed by atoms with van der Waals surface area (Å²) in [6.07, 6.45) is 1.42. The average Bonchev–Trinajstić information content (AvgIpc) is 2.98. The molecule has 0 aliphatic heterocycles. The average molecular weight is 596 g/mol. The lowest BCUT2D eigenvalue weighted by atomic mass is 10.1. The first-order valence-electron chi connectivity index (χ1n) is 14.0. The van der Waals surface area contributed by atoms with E-state index in [1.807, 2.05) is 63.2 Å². The minimum Gasteiger partial charge on any atom is -0.497 e. The summed E-state index contributed by atoms with van der Waals surface area (Å²) in [4.78, 5) is 28.5. The molecule has 226 valence electrons. The molecule has 42 heavy (non-hydrogen) atoms. The predicted molar refractivity (Wildman–Crippen MR) is 165 cm³/mol. The molecular weight excluding hydrogens is 554 g/mol. The van der Waals surface area contributed by atoms with Crippen molar-refractivity contribution in [2.75, 3.05) is 30.8 Å². The van der Waals surface area contributed by atoms with E-state index >= 15 is 0 Å². The van der Waals surface area contributed by atoms with Crippen molar-refractivity contribution in [1.82, 2.24) is 10.2 Å². The summed E-state index contributed by atoms with van der Waals surface area (Å²) in [5, 5.41) is 2.92. The molecule has 0 fully saturated rings. The van der Waals surface area contributed by atoms with Crippen molar-refractivity contribution >= 4 is 27.5 Å². The van der Waals surface area contributed by atoms with Gasteiger partial charge in [0.05, 0.1) is 19.1 Å². The minimum absolute atomic E-state index is 0.125. The highest BCUT2D eigenvalue weighted by Gasteiger charge is 2.31. The van der Waals surface area contributed by atoms with E-state index in [4.69, 9.17) is 9.47 Å². The van der Waals surface area contributed by atoms with Crippen molar-refractivity contribution in [2.24, 2.45) is 5.92 Å². The molecule has 0 unspecified atom stereocenters. The summed E-state index contributed by atoms with van der Waals surface area (Å²) in [6.45, 7) is 6.30. The monoisotopic (exact) mass is 595 g/mol. The van der Waals surface area contributed by atoms with E-state index in [0.29, 0.717) is 36.8 Å². The Morgan fingerprint density at radius 3 is 2.05 bits per heavy atom. The molecule has 9 nitrogen and oxygen atoms in total. The van der Waals surface area contributed by atoms with Crippen LogP contribution in [0, 0.1) is 5.92 Å². The number of nitrogens with one attached hydrogen (secondary N) is 1. The number of hydrogen-bond acceptors (Lipinski definition) is 6. The Morgan fingerprint density at radius 2 is 1.50 bits per heavy atom. The van der Waals surface area contributed by atoms with Gasteiger partial charge in [-0.05, 0) is 59.9 Å².